The van der Waals surface area contributed by atoms with E-state index in [2.05, 4.69) is 38.2 Å². The minimum Gasteiger partial charge on any atom is -0.328 e. The summed E-state index contributed by atoms with van der Waals surface area (Å²) in [5, 5.41) is 4.54. The third-order valence-corrected chi connectivity index (χ3v) is 4.79. The predicted octanol–water partition coefficient (Wildman–Crippen LogP) is 3.42. The standard InChI is InChI=1S/C16H29N3/c1-10(2)16-15-7-5-6-13(11(3)17)8-9-14(15)12(4)18-19-16/h10-11,13-14,19H,5-9,17H2,1-4H3. The summed E-state index contributed by atoms with van der Waals surface area (Å²) in [5.41, 5.74) is 13.6. The number of allylic oxidation sites excluding steroid dienone is 2. The van der Waals surface area contributed by atoms with Crippen LogP contribution in [0.5, 0.6) is 0 Å². The largest absolute Gasteiger partial charge is 0.328 e. The molecule has 3 N–H and O–H groups in total. The van der Waals surface area contributed by atoms with Gasteiger partial charge in [-0.1, -0.05) is 13.8 Å². The molecule has 0 aromatic heterocycles. The molecule has 2 aliphatic rings. The van der Waals surface area contributed by atoms with Crippen LogP contribution in [0.1, 0.15) is 59.8 Å². The van der Waals surface area contributed by atoms with Crippen molar-refractivity contribution in [2.45, 2.75) is 65.8 Å². The highest BCUT2D eigenvalue weighted by molar-refractivity contribution is 5.87. The Balaban J connectivity index is 2.20. The van der Waals surface area contributed by atoms with Crippen LogP contribution < -0.4 is 11.2 Å². The predicted molar refractivity (Wildman–Crippen MR) is 81.8 cm³/mol. The van der Waals surface area contributed by atoms with Crippen LogP contribution in [0.2, 0.25) is 0 Å². The Labute approximate surface area is 117 Å². The van der Waals surface area contributed by atoms with Gasteiger partial charge < -0.3 is 5.73 Å². The van der Waals surface area contributed by atoms with Gasteiger partial charge in [0.2, 0.25) is 0 Å². The first kappa shape index (κ1) is 14.6. The van der Waals surface area contributed by atoms with Crippen LogP contribution in [-0.2, 0) is 0 Å². The van der Waals surface area contributed by atoms with Gasteiger partial charge in [0, 0.05) is 23.4 Å². The van der Waals surface area contributed by atoms with Gasteiger partial charge in [0.15, 0.2) is 0 Å². The molecule has 1 aliphatic carbocycles. The lowest BCUT2D eigenvalue weighted by molar-refractivity contribution is 0.337. The lowest BCUT2D eigenvalue weighted by Gasteiger charge is -2.34. The molecule has 0 radical (unpaired) electrons. The second-order valence-electron chi connectivity index (χ2n) is 6.60. The van der Waals surface area contributed by atoms with Gasteiger partial charge >= 0.3 is 0 Å². The molecule has 0 amide bonds. The molecular weight excluding hydrogens is 234 g/mol. The van der Waals surface area contributed by atoms with Crippen molar-refractivity contribution in [2.75, 3.05) is 0 Å². The highest BCUT2D eigenvalue weighted by Crippen LogP contribution is 2.36. The van der Waals surface area contributed by atoms with Gasteiger partial charge in [-0.05, 0) is 63.4 Å². The molecule has 0 bridgehead atoms. The summed E-state index contributed by atoms with van der Waals surface area (Å²) in [4.78, 5) is 0. The lowest BCUT2D eigenvalue weighted by Crippen LogP contribution is -2.33. The van der Waals surface area contributed by atoms with E-state index in [0.29, 0.717) is 23.8 Å². The van der Waals surface area contributed by atoms with E-state index in [0.717, 1.165) is 0 Å². The van der Waals surface area contributed by atoms with E-state index < -0.39 is 0 Å². The first-order valence-electron chi connectivity index (χ1n) is 7.79. The quantitative estimate of drug-likeness (QED) is 0.802. The van der Waals surface area contributed by atoms with Crippen LogP contribution in [0.15, 0.2) is 16.4 Å². The Morgan fingerprint density at radius 1 is 1.21 bits per heavy atom. The third kappa shape index (κ3) is 3.19. The van der Waals surface area contributed by atoms with Crippen LogP contribution in [0.3, 0.4) is 0 Å². The number of nitrogens with one attached hydrogen (secondary N) is 1. The topological polar surface area (TPSA) is 50.4 Å². The second kappa shape index (κ2) is 6.08. The van der Waals surface area contributed by atoms with E-state index in [1.807, 2.05) is 0 Å². The molecule has 3 unspecified atom stereocenters. The molecule has 0 aromatic rings. The lowest BCUT2D eigenvalue weighted by atomic mass is 9.76. The van der Waals surface area contributed by atoms with E-state index in [1.54, 1.807) is 5.57 Å². The number of rotatable bonds is 2. The molecule has 1 aliphatic heterocycles. The minimum atomic E-state index is 0.328. The first-order valence-corrected chi connectivity index (χ1v) is 7.79. The fraction of sp³-hybridized carbons (Fsp3) is 0.812. The molecule has 3 heteroatoms. The second-order valence-corrected chi connectivity index (χ2v) is 6.60. The van der Waals surface area contributed by atoms with Gasteiger partial charge in [-0.2, -0.15) is 5.10 Å². The van der Waals surface area contributed by atoms with Crippen molar-refractivity contribution >= 4 is 5.71 Å². The Bertz CT molecular complexity index is 379. The van der Waals surface area contributed by atoms with Gasteiger partial charge in [-0.15, -0.1) is 0 Å². The summed E-state index contributed by atoms with van der Waals surface area (Å²) in [6.45, 7) is 8.83. The normalized spacial score (nSPS) is 30.1. The highest BCUT2D eigenvalue weighted by Gasteiger charge is 2.29. The van der Waals surface area contributed by atoms with Crippen LogP contribution in [0, 0.1) is 17.8 Å². The Kier molecular flexibility index (Phi) is 4.67. The summed E-state index contributed by atoms with van der Waals surface area (Å²) < 4.78 is 0. The summed E-state index contributed by atoms with van der Waals surface area (Å²) in [6, 6.07) is 0.328. The van der Waals surface area contributed by atoms with Crippen molar-refractivity contribution in [1.29, 1.82) is 0 Å². The van der Waals surface area contributed by atoms with Crippen LogP contribution in [-0.4, -0.2) is 11.8 Å². The van der Waals surface area contributed by atoms with Gasteiger partial charge in [-0.25, -0.2) is 0 Å². The molecule has 108 valence electrons. The van der Waals surface area contributed by atoms with Crippen molar-refractivity contribution < 1.29 is 0 Å². The molecule has 1 fully saturated rings. The average Bonchev–Trinajstić information content (AvgIpc) is 2.29. The molecule has 3 nitrogen and oxygen atoms in total. The van der Waals surface area contributed by atoms with Crippen LogP contribution in [0.4, 0.5) is 0 Å². The van der Waals surface area contributed by atoms with Crippen molar-refractivity contribution in [2.24, 2.45) is 28.6 Å². The van der Waals surface area contributed by atoms with E-state index in [4.69, 9.17) is 5.73 Å². The smallest absolute Gasteiger partial charge is 0.0423 e. The van der Waals surface area contributed by atoms with Crippen molar-refractivity contribution in [3.8, 4) is 0 Å². The SMILES string of the molecule is CC1=NNC(C(C)C)=C2CCCC(C(C)N)CCC12. The van der Waals surface area contributed by atoms with Gasteiger partial charge in [0.1, 0.15) is 0 Å². The van der Waals surface area contributed by atoms with E-state index in [1.165, 1.54) is 43.5 Å². The maximum atomic E-state index is 6.11. The van der Waals surface area contributed by atoms with Crippen molar-refractivity contribution in [1.82, 2.24) is 5.43 Å². The van der Waals surface area contributed by atoms with Crippen molar-refractivity contribution in [3.05, 3.63) is 11.3 Å². The molecule has 3 atom stereocenters. The van der Waals surface area contributed by atoms with Gasteiger partial charge in [0.25, 0.3) is 0 Å². The van der Waals surface area contributed by atoms with Gasteiger partial charge in [0.05, 0.1) is 0 Å². The number of fused-ring (bicyclic) bond motifs is 1. The van der Waals surface area contributed by atoms with E-state index in [-0.39, 0.29) is 0 Å². The van der Waals surface area contributed by atoms with Crippen LogP contribution >= 0.6 is 0 Å². The van der Waals surface area contributed by atoms with Crippen LogP contribution in [0.25, 0.3) is 0 Å². The van der Waals surface area contributed by atoms with Gasteiger partial charge in [-0.3, -0.25) is 5.43 Å². The zero-order chi connectivity index (χ0) is 14.0. The van der Waals surface area contributed by atoms with Crippen molar-refractivity contribution in [3.63, 3.8) is 0 Å². The Morgan fingerprint density at radius 3 is 2.58 bits per heavy atom. The zero-order valence-corrected chi connectivity index (χ0v) is 12.9. The molecule has 0 spiro atoms. The number of nitrogens with two attached hydrogens (primary N) is 1. The number of nitrogens with zero attached hydrogens (tertiary/aromatic N) is 1. The summed E-state index contributed by atoms with van der Waals surface area (Å²) in [6.07, 6.45) is 6.21. The summed E-state index contributed by atoms with van der Waals surface area (Å²) >= 11 is 0. The van der Waals surface area contributed by atoms with E-state index >= 15 is 0 Å². The maximum absolute atomic E-state index is 6.11. The number of hydrogen-bond acceptors (Lipinski definition) is 3. The maximum Gasteiger partial charge on any atom is 0.0423 e. The molecule has 1 heterocycles. The number of hydrazone groups is 1. The molecule has 0 aromatic carbocycles. The highest BCUT2D eigenvalue weighted by atomic mass is 15.3. The Morgan fingerprint density at radius 2 is 1.95 bits per heavy atom. The molecular formula is C16H29N3. The molecule has 19 heavy (non-hydrogen) atoms. The zero-order valence-electron chi connectivity index (χ0n) is 12.9. The summed E-state index contributed by atoms with van der Waals surface area (Å²) in [5.74, 6) is 1.78. The average molecular weight is 263 g/mol. The fourth-order valence-electron chi connectivity index (χ4n) is 3.54. The summed E-state index contributed by atoms with van der Waals surface area (Å²) in [7, 11) is 0. The fourth-order valence-corrected chi connectivity index (χ4v) is 3.54. The molecule has 1 saturated carbocycles. The molecule has 2 rings (SSSR count). The Hall–Kier alpha value is -0.830. The number of hydrogen-bond donors (Lipinski definition) is 2. The molecule has 0 saturated heterocycles. The first-order chi connectivity index (χ1) is 9.00. The minimum absolute atomic E-state index is 0.328. The van der Waals surface area contributed by atoms with E-state index in [9.17, 15) is 0 Å². The monoisotopic (exact) mass is 263 g/mol. The third-order valence-electron chi connectivity index (χ3n) is 4.79.